The normalized spacial score (nSPS) is 15.2. The number of carbonyl (C=O) groups excluding carboxylic acids is 2. The Labute approximate surface area is 132 Å². The Kier molecular flexibility index (Phi) is 5.58. The van der Waals surface area contributed by atoms with Crippen molar-refractivity contribution in [1.29, 1.82) is 0 Å². The van der Waals surface area contributed by atoms with E-state index in [1.807, 2.05) is 24.3 Å². The highest BCUT2D eigenvalue weighted by atomic mass is 16.2. The summed E-state index contributed by atoms with van der Waals surface area (Å²) in [5.41, 5.74) is 1.07. The largest absolute Gasteiger partial charge is 0.355 e. The molecule has 0 heterocycles. The Hall–Kier alpha value is -1.84. The van der Waals surface area contributed by atoms with Gasteiger partial charge in [-0.05, 0) is 37.3 Å². The molecule has 2 rings (SSSR count). The lowest BCUT2D eigenvalue weighted by atomic mass is 10.0. The van der Waals surface area contributed by atoms with Gasteiger partial charge in [-0.1, -0.05) is 44.9 Å². The van der Waals surface area contributed by atoms with Crippen LogP contribution in [0.25, 0.3) is 0 Å². The molecule has 4 heteroatoms. The second-order valence-corrected chi connectivity index (χ2v) is 6.01. The maximum atomic E-state index is 12.5. The monoisotopic (exact) mass is 302 g/mol. The fourth-order valence-electron chi connectivity index (χ4n) is 2.62. The molecule has 0 aliphatic heterocycles. The van der Waals surface area contributed by atoms with Crippen LogP contribution in [-0.2, 0) is 16.0 Å². The highest BCUT2D eigenvalue weighted by Gasteiger charge is 2.56. The third-order valence-electron chi connectivity index (χ3n) is 4.33. The van der Waals surface area contributed by atoms with Gasteiger partial charge in [-0.3, -0.25) is 9.59 Å². The maximum Gasteiger partial charge on any atom is 0.240 e. The van der Waals surface area contributed by atoms with E-state index in [-0.39, 0.29) is 11.8 Å². The SMILES string of the molecule is CCCCCNC(=O)C1(C(=O)Nc2ccccc2CC)CC1. The Morgan fingerprint density at radius 2 is 1.82 bits per heavy atom. The van der Waals surface area contributed by atoms with Crippen molar-refractivity contribution < 1.29 is 9.59 Å². The van der Waals surface area contributed by atoms with Crippen LogP contribution in [0.4, 0.5) is 5.69 Å². The van der Waals surface area contributed by atoms with Crippen molar-refractivity contribution in [2.75, 3.05) is 11.9 Å². The van der Waals surface area contributed by atoms with Gasteiger partial charge in [0.05, 0.1) is 0 Å². The minimum Gasteiger partial charge on any atom is -0.355 e. The molecule has 0 bridgehead atoms. The quantitative estimate of drug-likeness (QED) is 0.572. The second-order valence-electron chi connectivity index (χ2n) is 6.01. The lowest BCUT2D eigenvalue weighted by Gasteiger charge is -2.17. The first-order valence-corrected chi connectivity index (χ1v) is 8.31. The summed E-state index contributed by atoms with van der Waals surface area (Å²) in [4.78, 5) is 24.8. The van der Waals surface area contributed by atoms with Gasteiger partial charge in [-0.25, -0.2) is 0 Å². The Balaban J connectivity index is 1.95. The number of hydrogen-bond donors (Lipinski definition) is 2. The van der Waals surface area contributed by atoms with Gasteiger partial charge >= 0.3 is 0 Å². The van der Waals surface area contributed by atoms with E-state index in [0.29, 0.717) is 19.4 Å². The third-order valence-corrected chi connectivity index (χ3v) is 4.33. The number of aryl methyl sites for hydroxylation is 1. The number of anilines is 1. The van der Waals surface area contributed by atoms with E-state index in [1.54, 1.807) is 0 Å². The summed E-state index contributed by atoms with van der Waals surface area (Å²) in [7, 11) is 0. The van der Waals surface area contributed by atoms with E-state index in [1.165, 1.54) is 0 Å². The summed E-state index contributed by atoms with van der Waals surface area (Å²) in [6.07, 6.45) is 5.34. The summed E-state index contributed by atoms with van der Waals surface area (Å²) in [5.74, 6) is -0.281. The molecule has 1 aromatic rings. The smallest absolute Gasteiger partial charge is 0.240 e. The zero-order valence-electron chi connectivity index (χ0n) is 13.6. The molecule has 0 saturated heterocycles. The average Bonchev–Trinajstić information content (AvgIpc) is 3.34. The van der Waals surface area contributed by atoms with Crippen molar-refractivity contribution in [1.82, 2.24) is 5.32 Å². The van der Waals surface area contributed by atoms with Crippen LogP contribution in [0.1, 0.15) is 51.5 Å². The van der Waals surface area contributed by atoms with E-state index in [9.17, 15) is 9.59 Å². The molecule has 4 nitrogen and oxygen atoms in total. The molecular weight excluding hydrogens is 276 g/mol. The van der Waals surface area contributed by atoms with Crippen LogP contribution in [0.15, 0.2) is 24.3 Å². The van der Waals surface area contributed by atoms with E-state index in [4.69, 9.17) is 0 Å². The molecule has 0 radical (unpaired) electrons. The van der Waals surface area contributed by atoms with Crippen LogP contribution < -0.4 is 10.6 Å². The Morgan fingerprint density at radius 3 is 2.45 bits per heavy atom. The van der Waals surface area contributed by atoms with Crippen molar-refractivity contribution >= 4 is 17.5 Å². The first-order valence-electron chi connectivity index (χ1n) is 8.31. The van der Waals surface area contributed by atoms with Crippen molar-refractivity contribution in [2.45, 2.75) is 52.4 Å². The number of nitrogens with one attached hydrogen (secondary N) is 2. The van der Waals surface area contributed by atoms with Crippen LogP contribution in [0.5, 0.6) is 0 Å². The van der Waals surface area contributed by atoms with Gasteiger partial charge in [-0.15, -0.1) is 0 Å². The summed E-state index contributed by atoms with van der Waals surface area (Å²) < 4.78 is 0. The predicted molar refractivity (Wildman–Crippen MR) is 88.7 cm³/mol. The van der Waals surface area contributed by atoms with E-state index in [2.05, 4.69) is 24.5 Å². The molecule has 0 spiro atoms. The molecule has 1 aliphatic rings. The second kappa shape index (κ2) is 7.43. The number of rotatable bonds is 8. The number of benzene rings is 1. The maximum absolute atomic E-state index is 12.5. The third kappa shape index (κ3) is 3.67. The van der Waals surface area contributed by atoms with Gasteiger partial charge in [0.25, 0.3) is 0 Å². The van der Waals surface area contributed by atoms with Crippen LogP contribution in [0.2, 0.25) is 0 Å². The lowest BCUT2D eigenvalue weighted by Crippen LogP contribution is -2.40. The molecular formula is C18H26N2O2. The van der Waals surface area contributed by atoms with Crippen molar-refractivity contribution in [3.8, 4) is 0 Å². The van der Waals surface area contributed by atoms with Crippen LogP contribution in [0.3, 0.4) is 0 Å². The first-order chi connectivity index (χ1) is 10.6. The standard InChI is InChI=1S/C18H26N2O2/c1-3-5-8-13-19-16(21)18(11-12-18)17(22)20-15-10-7-6-9-14(15)4-2/h6-7,9-10H,3-5,8,11-13H2,1-2H3,(H,19,21)(H,20,22). The van der Waals surface area contributed by atoms with Crippen LogP contribution in [0, 0.1) is 5.41 Å². The molecule has 22 heavy (non-hydrogen) atoms. The number of carbonyl (C=O) groups is 2. The molecule has 0 unspecified atom stereocenters. The molecule has 2 amide bonds. The van der Waals surface area contributed by atoms with Crippen molar-refractivity contribution in [2.24, 2.45) is 5.41 Å². The van der Waals surface area contributed by atoms with Gasteiger partial charge in [0.15, 0.2) is 0 Å². The van der Waals surface area contributed by atoms with Gasteiger partial charge in [0.1, 0.15) is 5.41 Å². The zero-order chi connectivity index (χ0) is 16.0. The zero-order valence-corrected chi connectivity index (χ0v) is 13.6. The molecule has 1 aromatic carbocycles. The Morgan fingerprint density at radius 1 is 1.09 bits per heavy atom. The molecule has 1 fully saturated rings. The van der Waals surface area contributed by atoms with E-state index in [0.717, 1.165) is 36.9 Å². The number of hydrogen-bond acceptors (Lipinski definition) is 2. The predicted octanol–water partition coefficient (Wildman–Crippen LogP) is 3.27. The topological polar surface area (TPSA) is 58.2 Å². The molecule has 1 saturated carbocycles. The fourth-order valence-corrected chi connectivity index (χ4v) is 2.62. The minimum atomic E-state index is -0.840. The van der Waals surface area contributed by atoms with Gasteiger partial charge in [-0.2, -0.15) is 0 Å². The molecule has 2 N–H and O–H groups in total. The summed E-state index contributed by atoms with van der Waals surface area (Å²) in [5, 5.41) is 5.86. The van der Waals surface area contributed by atoms with E-state index >= 15 is 0 Å². The lowest BCUT2D eigenvalue weighted by molar-refractivity contribution is -0.134. The van der Waals surface area contributed by atoms with E-state index < -0.39 is 5.41 Å². The summed E-state index contributed by atoms with van der Waals surface area (Å²) in [6.45, 7) is 4.84. The van der Waals surface area contributed by atoms with Crippen LogP contribution in [-0.4, -0.2) is 18.4 Å². The van der Waals surface area contributed by atoms with Crippen molar-refractivity contribution in [3.63, 3.8) is 0 Å². The molecule has 0 aromatic heterocycles. The van der Waals surface area contributed by atoms with Gasteiger partial charge < -0.3 is 10.6 Å². The molecule has 1 aliphatic carbocycles. The number of unbranched alkanes of at least 4 members (excludes halogenated alkanes) is 2. The highest BCUT2D eigenvalue weighted by Crippen LogP contribution is 2.47. The van der Waals surface area contributed by atoms with Gasteiger partial charge in [0.2, 0.25) is 11.8 Å². The van der Waals surface area contributed by atoms with Crippen LogP contribution >= 0.6 is 0 Å². The van der Waals surface area contributed by atoms with Gasteiger partial charge in [0, 0.05) is 12.2 Å². The number of para-hydroxylation sites is 1. The Bertz CT molecular complexity index is 536. The first kappa shape index (κ1) is 16.5. The summed E-state index contributed by atoms with van der Waals surface area (Å²) in [6, 6.07) is 7.76. The highest BCUT2D eigenvalue weighted by molar-refractivity contribution is 6.13. The average molecular weight is 302 g/mol. The fraction of sp³-hybridized carbons (Fsp3) is 0.556. The minimum absolute atomic E-state index is 0.116. The number of amides is 2. The summed E-state index contributed by atoms with van der Waals surface area (Å²) >= 11 is 0. The molecule has 120 valence electrons. The molecule has 0 atom stereocenters. The van der Waals surface area contributed by atoms with Crippen molar-refractivity contribution in [3.05, 3.63) is 29.8 Å².